The summed E-state index contributed by atoms with van der Waals surface area (Å²) in [6, 6.07) is 7.18. The van der Waals surface area contributed by atoms with E-state index in [-0.39, 0.29) is 5.91 Å². The van der Waals surface area contributed by atoms with E-state index in [1.165, 1.54) is 0 Å². The third kappa shape index (κ3) is 3.01. The molecule has 0 spiro atoms. The van der Waals surface area contributed by atoms with Gasteiger partial charge in [0, 0.05) is 24.5 Å². The zero-order valence-corrected chi connectivity index (χ0v) is 8.55. The van der Waals surface area contributed by atoms with Gasteiger partial charge in [-0.3, -0.25) is 4.79 Å². The van der Waals surface area contributed by atoms with E-state index in [1.807, 2.05) is 12.1 Å². The Hall–Kier alpha value is -1.06. The molecular formula is C10H13ClN2O. The Morgan fingerprint density at radius 2 is 2.00 bits per heavy atom. The molecule has 1 amide bonds. The fourth-order valence-electron chi connectivity index (χ4n) is 1.03. The summed E-state index contributed by atoms with van der Waals surface area (Å²) >= 11 is 5.63. The molecule has 0 aliphatic rings. The molecule has 3 nitrogen and oxygen atoms in total. The van der Waals surface area contributed by atoms with Crippen LogP contribution in [0.15, 0.2) is 24.3 Å². The van der Waals surface area contributed by atoms with Crippen LogP contribution >= 0.6 is 11.6 Å². The van der Waals surface area contributed by atoms with Crippen LogP contribution in [0.1, 0.15) is 15.9 Å². The molecule has 0 aliphatic heterocycles. The van der Waals surface area contributed by atoms with Gasteiger partial charge in [0.15, 0.2) is 0 Å². The molecule has 1 aromatic carbocycles. The summed E-state index contributed by atoms with van der Waals surface area (Å²) in [6.07, 6.45) is 0. The van der Waals surface area contributed by atoms with Crippen LogP contribution in [0.5, 0.6) is 0 Å². The van der Waals surface area contributed by atoms with Gasteiger partial charge < -0.3 is 11.1 Å². The number of hydrogen-bond donors (Lipinski definition) is 2. The molecule has 0 bridgehead atoms. The number of nitrogens with one attached hydrogen (secondary N) is 1. The normalized spacial score (nSPS) is 9.86. The molecule has 0 fully saturated rings. The molecule has 14 heavy (non-hydrogen) atoms. The lowest BCUT2D eigenvalue weighted by molar-refractivity contribution is 0.0955. The Bertz CT molecular complexity index is 297. The maximum atomic E-state index is 11.4. The number of alkyl halides is 1. The molecular weight excluding hydrogens is 200 g/mol. The first-order valence-electron chi connectivity index (χ1n) is 4.41. The quantitative estimate of drug-likeness (QED) is 0.735. The second-order valence-electron chi connectivity index (χ2n) is 2.88. The van der Waals surface area contributed by atoms with Crippen LogP contribution in [0.3, 0.4) is 0 Å². The number of hydrogen-bond acceptors (Lipinski definition) is 2. The van der Waals surface area contributed by atoms with Gasteiger partial charge in [-0.05, 0) is 17.7 Å². The van der Waals surface area contributed by atoms with Gasteiger partial charge in [-0.25, -0.2) is 0 Å². The molecule has 0 saturated heterocycles. The number of rotatable bonds is 4. The smallest absolute Gasteiger partial charge is 0.251 e. The van der Waals surface area contributed by atoms with Crippen LogP contribution < -0.4 is 11.1 Å². The van der Waals surface area contributed by atoms with Crippen molar-refractivity contribution >= 4 is 17.5 Å². The van der Waals surface area contributed by atoms with Gasteiger partial charge >= 0.3 is 0 Å². The Morgan fingerprint density at radius 1 is 1.36 bits per heavy atom. The Morgan fingerprint density at radius 3 is 2.50 bits per heavy atom. The average molecular weight is 213 g/mol. The number of nitrogens with two attached hydrogens (primary N) is 1. The third-order valence-corrected chi connectivity index (χ3v) is 2.11. The second kappa shape index (κ2) is 5.62. The largest absolute Gasteiger partial charge is 0.351 e. The average Bonchev–Trinajstić information content (AvgIpc) is 2.26. The van der Waals surface area contributed by atoms with Gasteiger partial charge in [-0.2, -0.15) is 0 Å². The zero-order valence-electron chi connectivity index (χ0n) is 7.79. The number of benzene rings is 1. The summed E-state index contributed by atoms with van der Waals surface area (Å²) in [7, 11) is 0. The van der Waals surface area contributed by atoms with Crippen molar-refractivity contribution in [1.82, 2.24) is 5.32 Å². The number of carbonyl (C=O) groups is 1. The lowest BCUT2D eigenvalue weighted by Gasteiger charge is -2.03. The molecule has 0 heterocycles. The number of carbonyl (C=O) groups excluding carboxylic acids is 1. The molecule has 0 atom stereocenters. The highest BCUT2D eigenvalue weighted by atomic mass is 35.5. The van der Waals surface area contributed by atoms with E-state index in [4.69, 9.17) is 17.3 Å². The fourth-order valence-corrected chi connectivity index (χ4v) is 1.21. The van der Waals surface area contributed by atoms with Crippen LogP contribution in [0, 0.1) is 0 Å². The molecule has 1 aromatic rings. The van der Waals surface area contributed by atoms with Crippen LogP contribution in [-0.4, -0.2) is 19.0 Å². The Labute approximate surface area is 88.2 Å². The summed E-state index contributed by atoms with van der Waals surface area (Å²) in [5.41, 5.74) is 6.90. The van der Waals surface area contributed by atoms with E-state index < -0.39 is 0 Å². The molecule has 0 radical (unpaired) electrons. The van der Waals surface area contributed by atoms with Crippen molar-refractivity contribution in [2.75, 3.05) is 13.1 Å². The molecule has 3 N–H and O–H groups in total. The van der Waals surface area contributed by atoms with Crippen LogP contribution in [0.4, 0.5) is 0 Å². The van der Waals surface area contributed by atoms with Crippen molar-refractivity contribution in [3.63, 3.8) is 0 Å². The van der Waals surface area contributed by atoms with Gasteiger partial charge in [0.05, 0.1) is 0 Å². The van der Waals surface area contributed by atoms with Crippen molar-refractivity contribution in [2.24, 2.45) is 5.73 Å². The van der Waals surface area contributed by atoms with E-state index in [1.54, 1.807) is 12.1 Å². The predicted octanol–water partition coefficient (Wildman–Crippen LogP) is 1.11. The summed E-state index contributed by atoms with van der Waals surface area (Å²) in [5, 5.41) is 2.69. The number of halogens is 1. The van der Waals surface area contributed by atoms with Crippen LogP contribution in [0.2, 0.25) is 0 Å². The minimum Gasteiger partial charge on any atom is -0.351 e. The summed E-state index contributed by atoms with van der Waals surface area (Å²) in [5.74, 6) is 0.363. The van der Waals surface area contributed by atoms with Crippen molar-refractivity contribution in [1.29, 1.82) is 0 Å². The van der Waals surface area contributed by atoms with Crippen molar-refractivity contribution in [2.45, 2.75) is 5.88 Å². The summed E-state index contributed by atoms with van der Waals surface area (Å²) < 4.78 is 0. The Kier molecular flexibility index (Phi) is 4.43. The predicted molar refractivity (Wildman–Crippen MR) is 57.4 cm³/mol. The molecule has 76 valence electrons. The maximum Gasteiger partial charge on any atom is 0.251 e. The maximum absolute atomic E-state index is 11.4. The second-order valence-corrected chi connectivity index (χ2v) is 3.14. The third-order valence-electron chi connectivity index (χ3n) is 1.80. The highest BCUT2D eigenvalue weighted by Crippen LogP contribution is 2.06. The zero-order chi connectivity index (χ0) is 10.4. The highest BCUT2D eigenvalue weighted by Gasteiger charge is 2.03. The topological polar surface area (TPSA) is 55.1 Å². The van der Waals surface area contributed by atoms with E-state index in [0.717, 1.165) is 5.56 Å². The van der Waals surface area contributed by atoms with Crippen molar-refractivity contribution in [3.8, 4) is 0 Å². The highest BCUT2D eigenvalue weighted by molar-refractivity contribution is 6.17. The lowest BCUT2D eigenvalue weighted by Crippen LogP contribution is -2.28. The van der Waals surface area contributed by atoms with Crippen LogP contribution in [-0.2, 0) is 5.88 Å². The first-order chi connectivity index (χ1) is 6.77. The lowest BCUT2D eigenvalue weighted by atomic mass is 10.1. The molecule has 1 rings (SSSR count). The van der Waals surface area contributed by atoms with Gasteiger partial charge in [-0.15, -0.1) is 11.6 Å². The van der Waals surface area contributed by atoms with Gasteiger partial charge in [-0.1, -0.05) is 12.1 Å². The van der Waals surface area contributed by atoms with Crippen molar-refractivity contribution in [3.05, 3.63) is 35.4 Å². The van der Waals surface area contributed by atoms with Crippen molar-refractivity contribution < 1.29 is 4.79 Å². The first kappa shape index (κ1) is 11.0. The molecule has 4 heteroatoms. The summed E-state index contributed by atoms with van der Waals surface area (Å²) in [4.78, 5) is 11.4. The number of amides is 1. The molecule has 0 unspecified atom stereocenters. The minimum atomic E-state index is -0.100. The molecule has 0 saturated carbocycles. The standard InChI is InChI=1S/C10H13ClN2O/c11-7-8-1-3-9(4-2-8)10(14)13-6-5-12/h1-4H,5-7,12H2,(H,13,14). The van der Waals surface area contributed by atoms with Gasteiger partial charge in [0.1, 0.15) is 0 Å². The monoisotopic (exact) mass is 212 g/mol. The van der Waals surface area contributed by atoms with Gasteiger partial charge in [0.25, 0.3) is 5.91 Å². The molecule has 0 aromatic heterocycles. The van der Waals surface area contributed by atoms with E-state index in [9.17, 15) is 4.79 Å². The van der Waals surface area contributed by atoms with E-state index in [0.29, 0.717) is 24.5 Å². The van der Waals surface area contributed by atoms with E-state index >= 15 is 0 Å². The molecule has 0 aliphatic carbocycles. The summed E-state index contributed by atoms with van der Waals surface area (Å²) in [6.45, 7) is 0.946. The Balaban J connectivity index is 2.62. The fraction of sp³-hybridized carbons (Fsp3) is 0.300. The minimum absolute atomic E-state index is 0.100. The SMILES string of the molecule is NCCNC(=O)c1ccc(CCl)cc1. The van der Waals surface area contributed by atoms with Gasteiger partial charge in [0.2, 0.25) is 0 Å². The van der Waals surface area contributed by atoms with E-state index in [2.05, 4.69) is 5.32 Å². The first-order valence-corrected chi connectivity index (χ1v) is 4.94. The van der Waals surface area contributed by atoms with Crippen LogP contribution in [0.25, 0.3) is 0 Å².